The van der Waals surface area contributed by atoms with E-state index in [0.717, 1.165) is 12.0 Å². The zero-order chi connectivity index (χ0) is 18.7. The number of aryl methyl sites for hydroxylation is 1. The Balaban J connectivity index is 1.88. The van der Waals surface area contributed by atoms with E-state index in [9.17, 15) is 8.42 Å². The Kier molecular flexibility index (Phi) is 5.08. The van der Waals surface area contributed by atoms with Crippen LogP contribution in [0.5, 0.6) is 0 Å². The van der Waals surface area contributed by atoms with Crippen LogP contribution in [0.4, 0.5) is 5.69 Å². The van der Waals surface area contributed by atoms with Crippen LogP contribution in [0.3, 0.4) is 0 Å². The lowest BCUT2D eigenvalue weighted by atomic mass is 10.0. The van der Waals surface area contributed by atoms with E-state index in [2.05, 4.69) is 28.8 Å². The molecule has 0 saturated carbocycles. The highest BCUT2D eigenvalue weighted by atomic mass is 32.2. The van der Waals surface area contributed by atoms with Gasteiger partial charge in [0.25, 0.3) is 10.0 Å². The van der Waals surface area contributed by atoms with Crippen molar-refractivity contribution in [2.24, 2.45) is 5.92 Å². The molecule has 1 aromatic heterocycles. The van der Waals surface area contributed by atoms with E-state index in [1.807, 2.05) is 12.1 Å². The average molecular weight is 371 g/mol. The minimum atomic E-state index is -3.72. The molecule has 0 spiro atoms. The molecule has 0 aliphatic heterocycles. The molecule has 3 rings (SSSR count). The van der Waals surface area contributed by atoms with Gasteiger partial charge in [-0.2, -0.15) is 0 Å². The molecular weight excluding hydrogens is 350 g/mol. The van der Waals surface area contributed by atoms with Gasteiger partial charge in [-0.05, 0) is 42.2 Å². The van der Waals surface area contributed by atoms with Crippen LogP contribution >= 0.6 is 0 Å². The Bertz CT molecular complexity index is 993. The Labute approximate surface area is 153 Å². The number of sulfonamides is 1. The van der Waals surface area contributed by atoms with Crippen molar-refractivity contribution in [3.8, 4) is 11.5 Å². The topological polar surface area (TPSA) is 85.1 Å². The second-order valence-electron chi connectivity index (χ2n) is 6.52. The summed E-state index contributed by atoms with van der Waals surface area (Å²) in [5, 5.41) is 7.77. The molecule has 6 nitrogen and oxygen atoms in total. The first-order chi connectivity index (χ1) is 12.3. The fraction of sp³-hybridized carbons (Fsp3) is 0.263. The molecule has 2 aromatic carbocycles. The highest BCUT2D eigenvalue weighted by Gasteiger charge is 2.18. The van der Waals surface area contributed by atoms with E-state index in [4.69, 9.17) is 4.42 Å². The van der Waals surface area contributed by atoms with E-state index >= 15 is 0 Å². The SMILES string of the molecule is Cc1nnc(-c2ccccc2NS(=O)(=O)c2ccc(CC(C)C)cc2)o1. The normalized spacial score (nSPS) is 11.7. The van der Waals surface area contributed by atoms with Gasteiger partial charge >= 0.3 is 0 Å². The Hall–Kier alpha value is -2.67. The van der Waals surface area contributed by atoms with Gasteiger partial charge < -0.3 is 4.42 Å². The Morgan fingerprint density at radius 2 is 1.73 bits per heavy atom. The third kappa shape index (κ3) is 4.11. The Morgan fingerprint density at radius 1 is 1.04 bits per heavy atom. The summed E-state index contributed by atoms with van der Waals surface area (Å²) in [6.07, 6.45) is 0.910. The van der Waals surface area contributed by atoms with E-state index < -0.39 is 10.0 Å². The third-order valence-electron chi connectivity index (χ3n) is 3.81. The first-order valence-corrected chi connectivity index (χ1v) is 9.85. The fourth-order valence-electron chi connectivity index (χ4n) is 2.64. The van der Waals surface area contributed by atoms with Crippen LogP contribution in [0.25, 0.3) is 11.5 Å². The molecule has 0 saturated heterocycles. The Morgan fingerprint density at radius 3 is 2.35 bits per heavy atom. The van der Waals surface area contributed by atoms with Gasteiger partial charge in [0, 0.05) is 6.92 Å². The standard InChI is InChI=1S/C19H21N3O3S/c1-13(2)12-15-8-10-16(11-9-15)26(23,24)22-18-7-5-4-6-17(18)19-21-20-14(3)25-19/h4-11,13,22H,12H2,1-3H3. The maximum atomic E-state index is 12.7. The minimum Gasteiger partial charge on any atom is -0.421 e. The molecule has 136 valence electrons. The summed E-state index contributed by atoms with van der Waals surface area (Å²) in [4.78, 5) is 0.210. The van der Waals surface area contributed by atoms with Gasteiger partial charge in [-0.25, -0.2) is 8.42 Å². The number of anilines is 1. The van der Waals surface area contributed by atoms with Crippen molar-refractivity contribution in [3.05, 3.63) is 60.0 Å². The van der Waals surface area contributed by atoms with E-state index in [0.29, 0.717) is 23.1 Å². The van der Waals surface area contributed by atoms with E-state index in [-0.39, 0.29) is 10.8 Å². The molecule has 0 unspecified atom stereocenters. The van der Waals surface area contributed by atoms with Crippen molar-refractivity contribution in [1.29, 1.82) is 0 Å². The number of hydrogen-bond donors (Lipinski definition) is 1. The predicted octanol–water partition coefficient (Wildman–Crippen LogP) is 4.04. The lowest BCUT2D eigenvalue weighted by molar-refractivity contribution is 0.533. The minimum absolute atomic E-state index is 0.210. The van der Waals surface area contributed by atoms with Crippen LogP contribution in [-0.2, 0) is 16.4 Å². The van der Waals surface area contributed by atoms with Crippen molar-refractivity contribution in [3.63, 3.8) is 0 Å². The molecule has 7 heteroatoms. The number of benzene rings is 2. The van der Waals surface area contributed by atoms with Gasteiger partial charge in [0.05, 0.1) is 16.1 Å². The molecule has 0 amide bonds. The fourth-order valence-corrected chi connectivity index (χ4v) is 3.72. The smallest absolute Gasteiger partial charge is 0.261 e. The van der Waals surface area contributed by atoms with E-state index in [1.165, 1.54) is 0 Å². The van der Waals surface area contributed by atoms with Crippen molar-refractivity contribution >= 4 is 15.7 Å². The summed E-state index contributed by atoms with van der Waals surface area (Å²) in [5.41, 5.74) is 2.04. The molecule has 0 aliphatic rings. The maximum Gasteiger partial charge on any atom is 0.261 e. The molecule has 0 fully saturated rings. The molecule has 3 aromatic rings. The number of rotatable bonds is 6. The van der Waals surface area contributed by atoms with Gasteiger partial charge in [0.1, 0.15) is 0 Å². The van der Waals surface area contributed by atoms with Gasteiger partial charge in [0.15, 0.2) is 0 Å². The molecule has 1 N–H and O–H groups in total. The summed E-state index contributed by atoms with van der Waals surface area (Å²) in [6, 6.07) is 13.9. The van der Waals surface area contributed by atoms with Gasteiger partial charge in [-0.1, -0.05) is 38.1 Å². The van der Waals surface area contributed by atoms with Crippen molar-refractivity contribution in [2.45, 2.75) is 32.1 Å². The highest BCUT2D eigenvalue weighted by molar-refractivity contribution is 7.92. The number of hydrogen-bond acceptors (Lipinski definition) is 5. The van der Waals surface area contributed by atoms with Gasteiger partial charge in [-0.15, -0.1) is 10.2 Å². The molecule has 0 radical (unpaired) electrons. The quantitative estimate of drug-likeness (QED) is 0.707. The van der Waals surface area contributed by atoms with Crippen LogP contribution in [0, 0.1) is 12.8 Å². The summed E-state index contributed by atoms with van der Waals surface area (Å²) in [5.74, 6) is 1.20. The zero-order valence-corrected chi connectivity index (χ0v) is 15.7. The number of aromatic nitrogens is 2. The van der Waals surface area contributed by atoms with Crippen molar-refractivity contribution < 1.29 is 12.8 Å². The molecule has 0 bridgehead atoms. The molecule has 1 heterocycles. The highest BCUT2D eigenvalue weighted by Crippen LogP contribution is 2.28. The van der Waals surface area contributed by atoms with Crippen LogP contribution in [-0.4, -0.2) is 18.6 Å². The summed E-state index contributed by atoms with van der Waals surface area (Å²) >= 11 is 0. The molecular formula is C19H21N3O3S. The van der Waals surface area contributed by atoms with Crippen LogP contribution in [0.1, 0.15) is 25.3 Å². The summed E-state index contributed by atoms with van der Waals surface area (Å²) in [6.45, 7) is 5.94. The molecule has 0 aliphatic carbocycles. The first-order valence-electron chi connectivity index (χ1n) is 8.36. The van der Waals surface area contributed by atoms with Crippen LogP contribution in [0.2, 0.25) is 0 Å². The zero-order valence-electron chi connectivity index (χ0n) is 14.9. The second-order valence-corrected chi connectivity index (χ2v) is 8.20. The van der Waals surface area contributed by atoms with Crippen LogP contribution < -0.4 is 4.72 Å². The number of para-hydroxylation sites is 1. The van der Waals surface area contributed by atoms with Crippen LogP contribution in [0.15, 0.2) is 57.8 Å². The third-order valence-corrected chi connectivity index (χ3v) is 5.19. The molecule has 26 heavy (non-hydrogen) atoms. The number of nitrogens with zero attached hydrogens (tertiary/aromatic N) is 2. The maximum absolute atomic E-state index is 12.7. The lowest BCUT2D eigenvalue weighted by Gasteiger charge is -2.11. The summed E-state index contributed by atoms with van der Waals surface area (Å²) < 4.78 is 33.5. The largest absolute Gasteiger partial charge is 0.421 e. The lowest BCUT2D eigenvalue weighted by Crippen LogP contribution is -2.13. The monoisotopic (exact) mass is 371 g/mol. The molecule has 0 atom stereocenters. The van der Waals surface area contributed by atoms with E-state index in [1.54, 1.807) is 43.3 Å². The second kappa shape index (κ2) is 7.29. The number of nitrogens with one attached hydrogen (secondary N) is 1. The first kappa shape index (κ1) is 18.1. The van der Waals surface area contributed by atoms with Gasteiger partial charge in [0.2, 0.25) is 11.8 Å². The van der Waals surface area contributed by atoms with Crippen molar-refractivity contribution in [1.82, 2.24) is 10.2 Å². The average Bonchev–Trinajstić information content (AvgIpc) is 3.01. The van der Waals surface area contributed by atoms with Gasteiger partial charge in [-0.3, -0.25) is 4.72 Å². The van der Waals surface area contributed by atoms with Crippen molar-refractivity contribution in [2.75, 3.05) is 4.72 Å². The summed E-state index contributed by atoms with van der Waals surface area (Å²) in [7, 11) is -3.72. The predicted molar refractivity (Wildman–Crippen MR) is 100 cm³/mol.